The van der Waals surface area contributed by atoms with E-state index in [9.17, 15) is 0 Å². The van der Waals surface area contributed by atoms with Gasteiger partial charge in [0.15, 0.2) is 0 Å². The molecule has 4 aliphatic rings. The minimum absolute atomic E-state index is 0.0118. The molecule has 2 aliphatic carbocycles. The Bertz CT molecular complexity index is 3820. The van der Waals surface area contributed by atoms with Crippen LogP contribution in [0.3, 0.4) is 0 Å². The molecule has 4 heteroatoms. The third kappa shape index (κ3) is 5.83. The van der Waals surface area contributed by atoms with E-state index in [0.717, 1.165) is 0 Å². The van der Waals surface area contributed by atoms with E-state index < -0.39 is 5.41 Å². The van der Waals surface area contributed by atoms with Gasteiger partial charge in [0.05, 0.1) is 11.1 Å². The van der Waals surface area contributed by atoms with Crippen molar-refractivity contribution in [1.29, 1.82) is 0 Å². The first-order valence-corrected chi connectivity index (χ1v) is 26.3. The highest BCUT2D eigenvalue weighted by molar-refractivity contribution is 7.33. The number of anilines is 6. The Morgan fingerprint density at radius 1 is 0.521 bits per heavy atom. The summed E-state index contributed by atoms with van der Waals surface area (Å²) in [6, 6.07) is 70.6. The summed E-state index contributed by atoms with van der Waals surface area (Å²) in [7, 11) is 0. The van der Waals surface area contributed by atoms with Gasteiger partial charge >= 0.3 is 0 Å². The molecule has 0 amide bonds. The van der Waals surface area contributed by atoms with E-state index in [4.69, 9.17) is 0 Å². The van der Waals surface area contributed by atoms with E-state index in [2.05, 4.69) is 247 Å². The fourth-order valence-electron chi connectivity index (χ4n) is 13.3. The van der Waals surface area contributed by atoms with Crippen LogP contribution in [0.5, 0.6) is 0 Å². The molecule has 14 rings (SSSR count). The number of nitrogens with zero attached hydrogens (tertiary/aromatic N) is 2. The Labute approximate surface area is 423 Å². The van der Waals surface area contributed by atoms with Crippen molar-refractivity contribution in [1.82, 2.24) is 0 Å². The molecule has 3 heterocycles. The summed E-state index contributed by atoms with van der Waals surface area (Å²) in [5.41, 5.74) is 29.8. The van der Waals surface area contributed by atoms with Crippen LogP contribution in [0.25, 0.3) is 43.5 Å². The van der Waals surface area contributed by atoms with E-state index in [-0.39, 0.29) is 12.1 Å². The van der Waals surface area contributed by atoms with Crippen LogP contribution in [0.15, 0.2) is 182 Å². The summed E-state index contributed by atoms with van der Waals surface area (Å²) in [6.45, 7) is 18.4. The fourth-order valence-corrected chi connectivity index (χ4v) is 14.6. The zero-order valence-corrected chi connectivity index (χ0v) is 42.6. The second-order valence-corrected chi connectivity index (χ2v) is 23.1. The topological polar surface area (TPSA) is 6.48 Å². The quantitative estimate of drug-likeness (QED) is 0.162. The van der Waals surface area contributed by atoms with E-state index in [1.54, 1.807) is 0 Å². The third-order valence-electron chi connectivity index (χ3n) is 16.5. The highest BCUT2D eigenvalue weighted by Gasteiger charge is 2.53. The largest absolute Gasteiger partial charge is 0.311 e. The summed E-state index contributed by atoms with van der Waals surface area (Å²) in [5.74, 6) is 0.408. The number of para-hydroxylation sites is 1. The Balaban J connectivity index is 1.08. The highest BCUT2D eigenvalue weighted by Crippen LogP contribution is 2.64. The predicted molar refractivity (Wildman–Crippen MR) is 305 cm³/mol. The lowest BCUT2D eigenvalue weighted by Crippen LogP contribution is -2.60. The maximum Gasteiger partial charge on any atom is 0.264 e. The molecular formula is C67H55BN2S. The normalized spacial score (nSPS) is 14.4. The molecule has 1 spiro atoms. The molecule has 9 aromatic carbocycles. The second kappa shape index (κ2) is 15.1. The molecule has 0 atom stereocenters. The number of aryl methyl sites for hydroxylation is 3. The summed E-state index contributed by atoms with van der Waals surface area (Å²) in [4.78, 5) is 5.20. The van der Waals surface area contributed by atoms with Crippen LogP contribution in [0.4, 0.5) is 34.1 Å². The Morgan fingerprint density at radius 2 is 1.14 bits per heavy atom. The lowest BCUT2D eigenvalue weighted by Gasteiger charge is -2.43. The molecule has 0 unspecified atom stereocenters. The maximum atomic E-state index is 2.62. The molecule has 0 radical (unpaired) electrons. The van der Waals surface area contributed by atoms with Gasteiger partial charge in [-0.3, -0.25) is 0 Å². The van der Waals surface area contributed by atoms with Gasteiger partial charge in [-0.1, -0.05) is 162 Å². The lowest BCUT2D eigenvalue weighted by molar-refractivity contribution is 0.590. The maximum absolute atomic E-state index is 2.62. The molecule has 342 valence electrons. The number of hydrogen-bond donors (Lipinski definition) is 0. The molecule has 2 aliphatic heterocycles. The monoisotopic (exact) mass is 930 g/mol. The van der Waals surface area contributed by atoms with Crippen molar-refractivity contribution in [3.8, 4) is 33.4 Å². The number of rotatable bonds is 4. The molecule has 0 saturated carbocycles. The Hall–Kier alpha value is -7.40. The van der Waals surface area contributed by atoms with Crippen LogP contribution in [-0.2, 0) is 10.8 Å². The first-order valence-electron chi connectivity index (χ1n) is 25.5. The van der Waals surface area contributed by atoms with Gasteiger partial charge in [-0.05, 0) is 181 Å². The number of benzene rings is 9. The second-order valence-electron chi connectivity index (χ2n) is 22.0. The van der Waals surface area contributed by atoms with Gasteiger partial charge in [0.2, 0.25) is 0 Å². The van der Waals surface area contributed by atoms with Gasteiger partial charge in [-0.15, -0.1) is 11.3 Å². The van der Waals surface area contributed by atoms with Crippen molar-refractivity contribution >= 4 is 78.0 Å². The van der Waals surface area contributed by atoms with Crippen molar-refractivity contribution < 1.29 is 0 Å². The van der Waals surface area contributed by atoms with Gasteiger partial charge in [0.1, 0.15) is 0 Å². The average molecular weight is 931 g/mol. The van der Waals surface area contributed by atoms with E-state index in [1.165, 1.54) is 143 Å². The number of hydrogen-bond acceptors (Lipinski definition) is 3. The van der Waals surface area contributed by atoms with Crippen molar-refractivity contribution in [2.75, 3.05) is 9.80 Å². The van der Waals surface area contributed by atoms with Crippen LogP contribution in [0.2, 0.25) is 0 Å². The fraction of sp³-hybridized carbons (Fsp3) is 0.164. The molecule has 0 fully saturated rings. The van der Waals surface area contributed by atoms with Gasteiger partial charge < -0.3 is 9.80 Å². The molecule has 10 aromatic rings. The molecule has 1 aromatic heterocycles. The van der Waals surface area contributed by atoms with Crippen LogP contribution in [0.1, 0.15) is 90.6 Å². The summed E-state index contributed by atoms with van der Waals surface area (Å²) >= 11 is 2.01. The van der Waals surface area contributed by atoms with Crippen molar-refractivity contribution in [3.05, 3.63) is 232 Å². The zero-order chi connectivity index (χ0) is 48.2. The number of thiophene rings is 1. The summed E-state index contributed by atoms with van der Waals surface area (Å²) in [5, 5.41) is 1.31. The van der Waals surface area contributed by atoms with Crippen molar-refractivity contribution in [2.24, 2.45) is 0 Å². The minimum Gasteiger partial charge on any atom is -0.311 e. The van der Waals surface area contributed by atoms with Gasteiger partial charge in [-0.2, -0.15) is 0 Å². The molecule has 0 saturated heterocycles. The van der Waals surface area contributed by atoms with E-state index in [1.807, 2.05) is 11.3 Å². The molecule has 0 N–H and O–H groups in total. The van der Waals surface area contributed by atoms with Crippen molar-refractivity contribution in [3.63, 3.8) is 0 Å². The molecule has 2 nitrogen and oxygen atoms in total. The summed E-state index contributed by atoms with van der Waals surface area (Å²) < 4.78 is 2.72. The smallest absolute Gasteiger partial charge is 0.264 e. The highest BCUT2D eigenvalue weighted by atomic mass is 32.1. The van der Waals surface area contributed by atoms with E-state index in [0.29, 0.717) is 5.92 Å². The third-order valence-corrected chi connectivity index (χ3v) is 17.7. The predicted octanol–water partition coefficient (Wildman–Crippen LogP) is 16.3. The van der Waals surface area contributed by atoms with Crippen LogP contribution >= 0.6 is 11.3 Å². The van der Waals surface area contributed by atoms with Crippen LogP contribution < -0.4 is 25.5 Å². The van der Waals surface area contributed by atoms with E-state index >= 15 is 0 Å². The Morgan fingerprint density at radius 3 is 1.82 bits per heavy atom. The molecule has 0 bridgehead atoms. The van der Waals surface area contributed by atoms with Crippen LogP contribution in [0, 0.1) is 20.8 Å². The first kappa shape index (κ1) is 42.5. The standard InChI is InChI=1S/C67H55BN2S/c1-39(2)43-25-31-50-51-37-52-61(38-56(51)67(55(50)35-43)53-23-14-12-21-48(53)49-22-13-15-24-54(49)67)71-65-64(52)70(46-19-10-9-11-20-46)60-34-40(3)33-59-63(60)68(65)57-32-26-44(62-41(4)17-16-18-42(62)5)36-58(57)69(59)47-29-27-45(28-30-47)66(6,7)8/h9-39H,1-8H3. The van der Waals surface area contributed by atoms with Crippen LogP contribution in [-0.4, -0.2) is 6.71 Å². The average Bonchev–Trinajstić information content (AvgIpc) is 3.99. The minimum atomic E-state index is -0.432. The lowest BCUT2D eigenvalue weighted by atomic mass is 9.36. The van der Waals surface area contributed by atoms with Crippen molar-refractivity contribution in [2.45, 2.75) is 72.1 Å². The Kier molecular flexibility index (Phi) is 9.01. The zero-order valence-electron chi connectivity index (χ0n) is 41.8. The van der Waals surface area contributed by atoms with Gasteiger partial charge in [0.25, 0.3) is 6.71 Å². The molecule has 71 heavy (non-hydrogen) atoms. The summed E-state index contributed by atoms with van der Waals surface area (Å²) in [6.07, 6.45) is 0. The van der Waals surface area contributed by atoms with Gasteiger partial charge in [-0.25, -0.2) is 0 Å². The first-order chi connectivity index (χ1) is 34.4. The van der Waals surface area contributed by atoms with Gasteiger partial charge in [0, 0.05) is 43.3 Å². The molecular weight excluding hydrogens is 876 g/mol. The SMILES string of the molecule is Cc1cc2c3c(c1)N(c1ccccc1)c1c(sc4cc5c(cc14)-c1ccc(C(C)C)cc1C51c4ccccc4-c4ccccc41)B3c1ccc(-c3c(C)cccc3C)cc1N2c1ccc(C(C)(C)C)cc1. The number of fused-ring (bicyclic) bond motifs is 16.